The zero-order chi connectivity index (χ0) is 10.8. The second-order valence-corrected chi connectivity index (χ2v) is 5.40. The fourth-order valence-corrected chi connectivity index (χ4v) is 2.34. The lowest BCUT2D eigenvalue weighted by molar-refractivity contribution is 0.831. The molecule has 78 valence electrons. The van der Waals surface area contributed by atoms with Gasteiger partial charge in [0.2, 0.25) is 0 Å². The van der Waals surface area contributed by atoms with E-state index in [1.54, 1.807) is 17.5 Å². The Hall–Kier alpha value is -0.710. The third kappa shape index (κ3) is 2.45. The van der Waals surface area contributed by atoms with Crippen LogP contribution >= 0.6 is 27.3 Å². The van der Waals surface area contributed by atoms with Crippen LogP contribution in [0.25, 0.3) is 0 Å². The lowest BCUT2D eigenvalue weighted by Crippen LogP contribution is -2.12. The van der Waals surface area contributed by atoms with Crippen LogP contribution in [-0.2, 0) is 0 Å². The van der Waals surface area contributed by atoms with Crippen LogP contribution in [0.3, 0.4) is 0 Å². The number of rotatable bonds is 2. The highest BCUT2D eigenvalue weighted by atomic mass is 79.9. The van der Waals surface area contributed by atoms with E-state index >= 15 is 0 Å². The molecule has 0 aliphatic carbocycles. The second kappa shape index (κ2) is 4.43. The minimum atomic E-state index is -0.122. The molecule has 4 heteroatoms. The Balaban J connectivity index is 2.28. The molecule has 2 nitrogen and oxygen atoms in total. The molecule has 15 heavy (non-hydrogen) atoms. The van der Waals surface area contributed by atoms with Gasteiger partial charge in [-0.25, -0.2) is 0 Å². The van der Waals surface area contributed by atoms with Gasteiger partial charge >= 0.3 is 0 Å². The molecule has 0 radical (unpaired) electrons. The van der Waals surface area contributed by atoms with Gasteiger partial charge in [0.25, 0.3) is 0 Å². The number of aryl methyl sites for hydroxylation is 1. The van der Waals surface area contributed by atoms with Gasteiger partial charge in [-0.15, -0.1) is 11.3 Å². The van der Waals surface area contributed by atoms with Crippen LogP contribution in [0.5, 0.6) is 0 Å². The van der Waals surface area contributed by atoms with E-state index in [0.717, 1.165) is 15.7 Å². The molecule has 2 aromatic rings. The smallest absolute Gasteiger partial charge is 0.0734 e. The summed E-state index contributed by atoms with van der Waals surface area (Å²) in [5.74, 6) is 0. The summed E-state index contributed by atoms with van der Waals surface area (Å²) < 4.78 is 0.972. The molecule has 0 saturated carbocycles. The molecule has 2 aromatic heterocycles. The summed E-state index contributed by atoms with van der Waals surface area (Å²) in [6.45, 7) is 2.08. The Labute approximate surface area is 101 Å². The predicted octanol–water partition coefficient (Wildman–Crippen LogP) is 3.26. The molecule has 0 aliphatic rings. The third-order valence-corrected chi connectivity index (χ3v) is 3.53. The van der Waals surface area contributed by atoms with E-state index in [9.17, 15) is 0 Å². The number of nitrogens with zero attached hydrogens (tertiary/aromatic N) is 1. The first-order valence-corrected chi connectivity index (χ1v) is 6.26. The first kappa shape index (κ1) is 10.8. The van der Waals surface area contributed by atoms with Crippen molar-refractivity contribution in [2.45, 2.75) is 13.0 Å². The molecule has 2 N–H and O–H groups in total. The van der Waals surface area contributed by atoms with Crippen molar-refractivity contribution in [1.29, 1.82) is 0 Å². The van der Waals surface area contributed by atoms with E-state index in [4.69, 9.17) is 5.73 Å². The Bertz CT molecular complexity index is 450. The molecule has 0 aliphatic heterocycles. The Kier molecular flexibility index (Phi) is 3.19. The highest BCUT2D eigenvalue weighted by Crippen LogP contribution is 2.23. The van der Waals surface area contributed by atoms with Gasteiger partial charge in [-0.1, -0.05) is 0 Å². The number of aromatic nitrogens is 1. The molecule has 0 saturated heterocycles. The van der Waals surface area contributed by atoms with Gasteiger partial charge in [0.1, 0.15) is 0 Å². The van der Waals surface area contributed by atoms with Crippen LogP contribution in [-0.4, -0.2) is 4.98 Å². The second-order valence-electron chi connectivity index (χ2n) is 3.37. The van der Waals surface area contributed by atoms with Crippen molar-refractivity contribution in [1.82, 2.24) is 4.98 Å². The standard InChI is InChI=1S/C11H11BrN2S/c1-7-4-8(6-15-7)11(13)10-3-2-9(12)5-14-10/h2-6,11H,13H2,1H3. The lowest BCUT2D eigenvalue weighted by Gasteiger charge is -2.08. The van der Waals surface area contributed by atoms with Gasteiger partial charge < -0.3 is 5.73 Å². The van der Waals surface area contributed by atoms with E-state index < -0.39 is 0 Å². The van der Waals surface area contributed by atoms with Crippen molar-refractivity contribution in [2.24, 2.45) is 5.73 Å². The van der Waals surface area contributed by atoms with Crippen molar-refractivity contribution in [3.05, 3.63) is 50.4 Å². The molecule has 0 fully saturated rings. The van der Waals surface area contributed by atoms with Crippen molar-refractivity contribution in [3.63, 3.8) is 0 Å². The number of halogens is 1. The molecule has 2 heterocycles. The van der Waals surface area contributed by atoms with Crippen molar-refractivity contribution in [3.8, 4) is 0 Å². The number of hydrogen-bond acceptors (Lipinski definition) is 3. The van der Waals surface area contributed by atoms with Crippen LogP contribution < -0.4 is 5.73 Å². The highest BCUT2D eigenvalue weighted by Gasteiger charge is 2.11. The fraction of sp³-hybridized carbons (Fsp3) is 0.182. The molecule has 0 amide bonds. The average molecular weight is 283 g/mol. The maximum Gasteiger partial charge on any atom is 0.0734 e. The van der Waals surface area contributed by atoms with E-state index in [1.165, 1.54) is 4.88 Å². The maximum absolute atomic E-state index is 6.11. The van der Waals surface area contributed by atoms with Gasteiger partial charge in [-0.05, 0) is 52.0 Å². The Morgan fingerprint density at radius 3 is 2.80 bits per heavy atom. The molecule has 0 bridgehead atoms. The SMILES string of the molecule is Cc1cc(C(N)c2ccc(Br)cn2)cs1. The van der Waals surface area contributed by atoms with Gasteiger partial charge in [-0.3, -0.25) is 4.98 Å². The van der Waals surface area contributed by atoms with Gasteiger partial charge in [0, 0.05) is 15.5 Å². The topological polar surface area (TPSA) is 38.9 Å². The summed E-state index contributed by atoms with van der Waals surface area (Å²) in [6, 6.07) is 5.89. The zero-order valence-electron chi connectivity index (χ0n) is 8.27. The van der Waals surface area contributed by atoms with Gasteiger partial charge in [0.05, 0.1) is 11.7 Å². The summed E-state index contributed by atoms with van der Waals surface area (Å²) in [5.41, 5.74) is 8.14. The van der Waals surface area contributed by atoms with Crippen LogP contribution in [0.4, 0.5) is 0 Å². The first-order valence-electron chi connectivity index (χ1n) is 4.59. The van der Waals surface area contributed by atoms with Crippen molar-refractivity contribution in [2.75, 3.05) is 0 Å². The summed E-state index contributed by atoms with van der Waals surface area (Å²) in [7, 11) is 0. The number of thiophene rings is 1. The van der Waals surface area contributed by atoms with E-state index in [0.29, 0.717) is 0 Å². The Morgan fingerprint density at radius 2 is 2.27 bits per heavy atom. The van der Waals surface area contributed by atoms with E-state index in [2.05, 4.69) is 39.3 Å². The predicted molar refractivity (Wildman–Crippen MR) is 67.0 cm³/mol. The largest absolute Gasteiger partial charge is 0.319 e. The third-order valence-electron chi connectivity index (χ3n) is 2.18. The zero-order valence-corrected chi connectivity index (χ0v) is 10.7. The molecule has 1 unspecified atom stereocenters. The van der Waals surface area contributed by atoms with E-state index in [-0.39, 0.29) is 6.04 Å². The van der Waals surface area contributed by atoms with Gasteiger partial charge in [0.15, 0.2) is 0 Å². The minimum Gasteiger partial charge on any atom is -0.319 e. The minimum absolute atomic E-state index is 0.122. The van der Waals surface area contributed by atoms with E-state index in [1.807, 2.05) is 12.1 Å². The molecule has 2 rings (SSSR count). The van der Waals surface area contributed by atoms with Crippen LogP contribution in [0, 0.1) is 6.92 Å². The molecule has 0 spiro atoms. The Morgan fingerprint density at radius 1 is 1.47 bits per heavy atom. The molecular formula is C11H11BrN2S. The van der Waals surface area contributed by atoms with Crippen molar-refractivity contribution >= 4 is 27.3 Å². The normalized spacial score (nSPS) is 12.7. The summed E-state index contributed by atoms with van der Waals surface area (Å²) in [5, 5.41) is 2.09. The number of pyridine rings is 1. The quantitative estimate of drug-likeness (QED) is 0.918. The molecule has 0 aromatic carbocycles. The molecular weight excluding hydrogens is 272 g/mol. The summed E-state index contributed by atoms with van der Waals surface area (Å²) in [6.07, 6.45) is 1.77. The number of nitrogens with two attached hydrogens (primary N) is 1. The van der Waals surface area contributed by atoms with Crippen LogP contribution in [0.15, 0.2) is 34.2 Å². The first-order chi connectivity index (χ1) is 7.16. The summed E-state index contributed by atoms with van der Waals surface area (Å²) in [4.78, 5) is 5.57. The average Bonchev–Trinajstić information content (AvgIpc) is 2.65. The summed E-state index contributed by atoms with van der Waals surface area (Å²) >= 11 is 5.07. The molecule has 1 atom stereocenters. The highest BCUT2D eigenvalue weighted by molar-refractivity contribution is 9.10. The monoisotopic (exact) mass is 282 g/mol. The van der Waals surface area contributed by atoms with Gasteiger partial charge in [-0.2, -0.15) is 0 Å². The lowest BCUT2D eigenvalue weighted by atomic mass is 10.1. The fourth-order valence-electron chi connectivity index (χ4n) is 1.37. The van der Waals surface area contributed by atoms with Crippen LogP contribution in [0.1, 0.15) is 22.2 Å². The maximum atomic E-state index is 6.11. The van der Waals surface area contributed by atoms with Crippen molar-refractivity contribution < 1.29 is 0 Å². The number of hydrogen-bond donors (Lipinski definition) is 1. The van der Waals surface area contributed by atoms with Crippen LogP contribution in [0.2, 0.25) is 0 Å².